The predicted molar refractivity (Wildman–Crippen MR) is 78.3 cm³/mol. The van der Waals surface area contributed by atoms with E-state index in [1.807, 2.05) is 0 Å². The molecule has 0 amide bonds. The normalized spacial score (nSPS) is 10.5. The van der Waals surface area contributed by atoms with Crippen LogP contribution in [0.1, 0.15) is 0 Å². The Kier molecular flexibility index (Phi) is 3.12. The number of hydrogen-bond acceptors (Lipinski definition) is 3. The molecule has 3 aromatic heterocycles. The topological polar surface area (TPSA) is 76.9 Å². The van der Waals surface area contributed by atoms with Gasteiger partial charge in [-0.2, -0.15) is 0 Å². The van der Waals surface area contributed by atoms with Crippen LogP contribution in [0.25, 0.3) is 11.4 Å². The van der Waals surface area contributed by atoms with Gasteiger partial charge in [0.1, 0.15) is 0 Å². The van der Waals surface area contributed by atoms with Gasteiger partial charge in [-0.25, -0.2) is 0 Å². The van der Waals surface area contributed by atoms with Crippen molar-refractivity contribution in [2.45, 2.75) is 0 Å². The van der Waals surface area contributed by atoms with Gasteiger partial charge in [-0.05, 0) is 18.2 Å². The van der Waals surface area contributed by atoms with Crippen LogP contribution in [0.4, 0.5) is 0 Å². The molecule has 0 bridgehead atoms. The van der Waals surface area contributed by atoms with Crippen LogP contribution in [0.3, 0.4) is 0 Å². The average molecular weight is 281 g/mol. The van der Waals surface area contributed by atoms with Crippen molar-refractivity contribution in [3.63, 3.8) is 0 Å². The summed E-state index contributed by atoms with van der Waals surface area (Å²) in [4.78, 5) is 37.4. The van der Waals surface area contributed by atoms with Crippen LogP contribution in [-0.2, 0) is 0 Å². The minimum atomic E-state index is -0.255. The van der Waals surface area contributed by atoms with Gasteiger partial charge < -0.3 is 4.98 Å². The molecular weight excluding hydrogens is 270 g/mol. The second-order valence-electron chi connectivity index (χ2n) is 4.42. The Labute approximate surface area is 118 Å². The SMILES string of the molecule is O=c1ccc(-n2cc(-n3ccccc3=O)ccc2=O)c[nH]1. The summed E-state index contributed by atoms with van der Waals surface area (Å²) >= 11 is 0. The highest BCUT2D eigenvalue weighted by Crippen LogP contribution is 2.06. The monoisotopic (exact) mass is 281 g/mol. The molecule has 21 heavy (non-hydrogen) atoms. The quantitative estimate of drug-likeness (QED) is 0.750. The zero-order valence-electron chi connectivity index (χ0n) is 10.9. The lowest BCUT2D eigenvalue weighted by atomic mass is 10.3. The molecule has 1 N–H and O–H groups in total. The number of aromatic amines is 1. The zero-order valence-corrected chi connectivity index (χ0v) is 10.9. The fourth-order valence-corrected chi connectivity index (χ4v) is 2.01. The van der Waals surface area contributed by atoms with E-state index in [-0.39, 0.29) is 16.7 Å². The van der Waals surface area contributed by atoms with E-state index in [0.717, 1.165) is 0 Å². The Hall–Kier alpha value is -3.15. The first-order chi connectivity index (χ1) is 10.1. The molecule has 0 aromatic carbocycles. The van der Waals surface area contributed by atoms with Crippen LogP contribution in [-0.4, -0.2) is 14.1 Å². The summed E-state index contributed by atoms with van der Waals surface area (Å²) in [7, 11) is 0. The van der Waals surface area contributed by atoms with E-state index in [0.29, 0.717) is 11.4 Å². The van der Waals surface area contributed by atoms with Crippen LogP contribution >= 0.6 is 0 Å². The van der Waals surface area contributed by atoms with Gasteiger partial charge in [0, 0.05) is 36.8 Å². The molecule has 0 saturated heterocycles. The van der Waals surface area contributed by atoms with E-state index in [9.17, 15) is 14.4 Å². The van der Waals surface area contributed by atoms with Gasteiger partial charge in [-0.15, -0.1) is 0 Å². The smallest absolute Gasteiger partial charge is 0.255 e. The molecule has 0 spiro atoms. The lowest BCUT2D eigenvalue weighted by Gasteiger charge is -2.09. The Bertz CT molecular complexity index is 946. The highest BCUT2D eigenvalue weighted by atomic mass is 16.1. The van der Waals surface area contributed by atoms with Gasteiger partial charge in [0.2, 0.25) is 5.56 Å². The number of aromatic nitrogens is 3. The third-order valence-corrected chi connectivity index (χ3v) is 3.04. The molecule has 3 heterocycles. The van der Waals surface area contributed by atoms with Crippen molar-refractivity contribution in [2.24, 2.45) is 0 Å². The Morgan fingerprint density at radius 2 is 1.52 bits per heavy atom. The van der Waals surface area contributed by atoms with Crippen molar-refractivity contribution in [2.75, 3.05) is 0 Å². The van der Waals surface area contributed by atoms with Crippen LogP contribution in [0.5, 0.6) is 0 Å². The molecule has 0 saturated carbocycles. The first kappa shape index (κ1) is 12.9. The fraction of sp³-hybridized carbons (Fsp3) is 0. The lowest BCUT2D eigenvalue weighted by Crippen LogP contribution is -2.22. The highest BCUT2D eigenvalue weighted by Gasteiger charge is 2.04. The largest absolute Gasteiger partial charge is 0.327 e. The maximum absolute atomic E-state index is 12.0. The lowest BCUT2D eigenvalue weighted by molar-refractivity contribution is 0.916. The van der Waals surface area contributed by atoms with Crippen LogP contribution < -0.4 is 16.7 Å². The summed E-state index contributed by atoms with van der Waals surface area (Å²) in [5.41, 5.74) is 0.387. The van der Waals surface area contributed by atoms with Gasteiger partial charge >= 0.3 is 0 Å². The number of nitrogens with zero attached hydrogens (tertiary/aromatic N) is 2. The Balaban J connectivity index is 2.20. The maximum atomic E-state index is 12.0. The molecule has 0 fully saturated rings. The van der Waals surface area contributed by atoms with Crippen molar-refractivity contribution in [3.05, 3.63) is 92.1 Å². The molecule has 0 atom stereocenters. The van der Waals surface area contributed by atoms with Crippen molar-refractivity contribution in [1.29, 1.82) is 0 Å². The number of H-pyrrole nitrogens is 1. The first-order valence-electron chi connectivity index (χ1n) is 6.25. The summed E-state index contributed by atoms with van der Waals surface area (Å²) in [6.07, 6.45) is 4.62. The highest BCUT2D eigenvalue weighted by molar-refractivity contribution is 5.35. The second kappa shape index (κ2) is 5.09. The third kappa shape index (κ3) is 2.46. The van der Waals surface area contributed by atoms with E-state index in [2.05, 4.69) is 4.98 Å². The average Bonchev–Trinajstić information content (AvgIpc) is 2.50. The molecule has 104 valence electrons. The van der Waals surface area contributed by atoms with E-state index in [1.165, 1.54) is 39.6 Å². The van der Waals surface area contributed by atoms with E-state index in [1.54, 1.807) is 30.6 Å². The van der Waals surface area contributed by atoms with Crippen LogP contribution in [0, 0.1) is 0 Å². The van der Waals surface area contributed by atoms with E-state index >= 15 is 0 Å². The third-order valence-electron chi connectivity index (χ3n) is 3.04. The number of pyridine rings is 3. The number of rotatable bonds is 2. The maximum Gasteiger partial charge on any atom is 0.255 e. The summed E-state index contributed by atoms with van der Waals surface area (Å²) in [5.74, 6) is 0. The van der Waals surface area contributed by atoms with E-state index in [4.69, 9.17) is 0 Å². The summed E-state index contributed by atoms with van der Waals surface area (Å²) in [5, 5.41) is 0. The number of nitrogens with one attached hydrogen (secondary N) is 1. The summed E-state index contributed by atoms with van der Waals surface area (Å²) in [6.45, 7) is 0. The minimum absolute atomic E-state index is 0.191. The van der Waals surface area contributed by atoms with Crippen LogP contribution in [0.2, 0.25) is 0 Å². The van der Waals surface area contributed by atoms with Gasteiger partial charge in [0.05, 0.1) is 11.4 Å². The molecule has 6 nitrogen and oxygen atoms in total. The number of hydrogen-bond donors (Lipinski definition) is 1. The van der Waals surface area contributed by atoms with Crippen molar-refractivity contribution in [3.8, 4) is 11.4 Å². The predicted octanol–water partition coefficient (Wildman–Crippen LogP) is 0.677. The van der Waals surface area contributed by atoms with Crippen molar-refractivity contribution in [1.82, 2.24) is 14.1 Å². The second-order valence-corrected chi connectivity index (χ2v) is 4.42. The molecule has 3 rings (SSSR count). The molecule has 6 heteroatoms. The zero-order chi connectivity index (χ0) is 14.8. The van der Waals surface area contributed by atoms with Gasteiger partial charge in [0.25, 0.3) is 11.1 Å². The molecule has 0 aliphatic heterocycles. The first-order valence-corrected chi connectivity index (χ1v) is 6.25. The van der Waals surface area contributed by atoms with Crippen LogP contribution in [0.15, 0.2) is 75.4 Å². The summed E-state index contributed by atoms with van der Waals surface area (Å²) < 4.78 is 2.80. The van der Waals surface area contributed by atoms with Gasteiger partial charge in [-0.3, -0.25) is 23.5 Å². The molecular formula is C15H11N3O3. The molecule has 0 aliphatic carbocycles. The fourth-order valence-electron chi connectivity index (χ4n) is 2.01. The van der Waals surface area contributed by atoms with E-state index < -0.39 is 0 Å². The van der Waals surface area contributed by atoms with Crippen molar-refractivity contribution < 1.29 is 0 Å². The standard InChI is InChI=1S/C15H11N3O3/c19-13-6-4-11(9-16-13)18-10-12(5-7-15(18)21)17-8-2-1-3-14(17)20/h1-10H,(H,16,19). The molecule has 0 aliphatic rings. The molecule has 0 radical (unpaired) electrons. The summed E-state index contributed by atoms with van der Waals surface area (Å²) in [6, 6.07) is 10.6. The Morgan fingerprint density at radius 3 is 2.24 bits per heavy atom. The molecule has 3 aromatic rings. The van der Waals surface area contributed by atoms with Gasteiger partial charge in [0.15, 0.2) is 0 Å². The van der Waals surface area contributed by atoms with Gasteiger partial charge in [-0.1, -0.05) is 6.07 Å². The van der Waals surface area contributed by atoms with Crippen molar-refractivity contribution >= 4 is 0 Å². The molecule has 0 unspecified atom stereocenters. The minimum Gasteiger partial charge on any atom is -0.327 e. The Morgan fingerprint density at radius 1 is 0.762 bits per heavy atom.